The molecule has 0 amide bonds. The summed E-state index contributed by atoms with van der Waals surface area (Å²) in [6, 6.07) is 6.40. The summed E-state index contributed by atoms with van der Waals surface area (Å²) in [6.07, 6.45) is 0.833. The maximum atomic E-state index is 12.7. The van der Waals surface area contributed by atoms with Crippen molar-refractivity contribution in [2.75, 3.05) is 6.61 Å². The Balaban J connectivity index is 2.85. The summed E-state index contributed by atoms with van der Waals surface area (Å²) in [5.41, 5.74) is 0.875. The van der Waals surface area contributed by atoms with E-state index in [0.717, 1.165) is 12.0 Å². The van der Waals surface area contributed by atoms with Gasteiger partial charge in [-0.05, 0) is 24.1 Å². The molecule has 12 heavy (non-hydrogen) atoms. The summed E-state index contributed by atoms with van der Waals surface area (Å²) in [7, 11) is 0. The lowest BCUT2D eigenvalue weighted by Gasteiger charge is -2.11. The first kappa shape index (κ1) is 9.20. The van der Waals surface area contributed by atoms with Gasteiger partial charge >= 0.3 is 0 Å². The number of aliphatic hydroxyl groups is 1. The van der Waals surface area contributed by atoms with Crippen molar-refractivity contribution in [3.05, 3.63) is 35.6 Å². The number of halogens is 1. The van der Waals surface area contributed by atoms with Crippen LogP contribution >= 0.6 is 0 Å². The van der Waals surface area contributed by atoms with E-state index in [-0.39, 0.29) is 18.3 Å². The molecule has 0 saturated heterocycles. The molecule has 0 aliphatic heterocycles. The quantitative estimate of drug-likeness (QED) is 0.734. The van der Waals surface area contributed by atoms with E-state index >= 15 is 0 Å². The average molecular weight is 168 g/mol. The molecule has 1 rings (SSSR count). The van der Waals surface area contributed by atoms with Crippen LogP contribution in [0.25, 0.3) is 0 Å². The first-order valence-electron chi connectivity index (χ1n) is 4.14. The second-order valence-corrected chi connectivity index (χ2v) is 2.84. The zero-order chi connectivity index (χ0) is 8.97. The molecule has 66 valence electrons. The number of hydrogen-bond acceptors (Lipinski definition) is 1. The Kier molecular flexibility index (Phi) is 3.23. The van der Waals surface area contributed by atoms with Gasteiger partial charge in [-0.3, -0.25) is 0 Å². The fourth-order valence-electron chi connectivity index (χ4n) is 1.23. The zero-order valence-corrected chi connectivity index (χ0v) is 7.13. The number of rotatable bonds is 3. The molecule has 0 bridgehead atoms. The Bertz CT molecular complexity index is 243. The predicted octanol–water partition coefficient (Wildman–Crippen LogP) is 2.31. The molecule has 0 aromatic heterocycles. The minimum Gasteiger partial charge on any atom is -0.396 e. The fourth-order valence-corrected chi connectivity index (χ4v) is 1.23. The molecular weight excluding hydrogens is 155 g/mol. The van der Waals surface area contributed by atoms with Gasteiger partial charge in [0.2, 0.25) is 0 Å². The third-order valence-electron chi connectivity index (χ3n) is 2.03. The SMILES string of the molecule is CCC(CO)c1cccc(F)c1. The van der Waals surface area contributed by atoms with Crippen LogP contribution in [-0.2, 0) is 0 Å². The van der Waals surface area contributed by atoms with Crippen LogP contribution in [0, 0.1) is 5.82 Å². The summed E-state index contributed by atoms with van der Waals surface area (Å²) < 4.78 is 12.7. The fraction of sp³-hybridized carbons (Fsp3) is 0.400. The molecule has 0 saturated carbocycles. The van der Waals surface area contributed by atoms with Gasteiger partial charge < -0.3 is 5.11 Å². The molecule has 1 nitrogen and oxygen atoms in total. The Morgan fingerprint density at radius 1 is 1.50 bits per heavy atom. The highest BCUT2D eigenvalue weighted by atomic mass is 19.1. The van der Waals surface area contributed by atoms with Gasteiger partial charge in [0.15, 0.2) is 0 Å². The van der Waals surface area contributed by atoms with Crippen molar-refractivity contribution in [2.45, 2.75) is 19.3 Å². The van der Waals surface area contributed by atoms with Crippen LogP contribution in [0.1, 0.15) is 24.8 Å². The third kappa shape index (κ3) is 2.05. The highest BCUT2D eigenvalue weighted by molar-refractivity contribution is 5.20. The normalized spacial score (nSPS) is 12.9. The molecule has 1 aromatic carbocycles. The van der Waals surface area contributed by atoms with Crippen molar-refractivity contribution in [2.24, 2.45) is 0 Å². The zero-order valence-electron chi connectivity index (χ0n) is 7.13. The second-order valence-electron chi connectivity index (χ2n) is 2.84. The predicted molar refractivity (Wildman–Crippen MR) is 46.5 cm³/mol. The van der Waals surface area contributed by atoms with E-state index in [0.29, 0.717) is 0 Å². The smallest absolute Gasteiger partial charge is 0.123 e. The van der Waals surface area contributed by atoms with Crippen molar-refractivity contribution in [3.8, 4) is 0 Å². The molecule has 0 heterocycles. The van der Waals surface area contributed by atoms with Crippen molar-refractivity contribution < 1.29 is 9.50 Å². The van der Waals surface area contributed by atoms with E-state index in [1.54, 1.807) is 6.07 Å². The van der Waals surface area contributed by atoms with Crippen molar-refractivity contribution in [1.82, 2.24) is 0 Å². The summed E-state index contributed by atoms with van der Waals surface area (Å²) in [5.74, 6) is -0.167. The molecule has 1 unspecified atom stereocenters. The van der Waals surface area contributed by atoms with Crippen LogP contribution in [0.15, 0.2) is 24.3 Å². The van der Waals surface area contributed by atoms with Gasteiger partial charge in [0.25, 0.3) is 0 Å². The standard InChI is InChI=1S/C10H13FO/c1-2-8(7-12)9-4-3-5-10(11)6-9/h3-6,8,12H,2,7H2,1H3. The Morgan fingerprint density at radius 3 is 2.75 bits per heavy atom. The van der Waals surface area contributed by atoms with Gasteiger partial charge in [-0.2, -0.15) is 0 Å². The molecule has 1 atom stereocenters. The first-order valence-corrected chi connectivity index (χ1v) is 4.14. The van der Waals surface area contributed by atoms with Crippen molar-refractivity contribution in [1.29, 1.82) is 0 Å². The first-order chi connectivity index (χ1) is 5.77. The van der Waals surface area contributed by atoms with Crippen LogP contribution in [0.2, 0.25) is 0 Å². The number of benzene rings is 1. The third-order valence-corrected chi connectivity index (χ3v) is 2.03. The lowest BCUT2D eigenvalue weighted by atomic mass is 9.97. The van der Waals surface area contributed by atoms with E-state index in [4.69, 9.17) is 5.11 Å². The molecule has 0 spiro atoms. The molecule has 0 fully saturated rings. The minimum atomic E-state index is -0.237. The largest absolute Gasteiger partial charge is 0.396 e. The summed E-state index contributed by atoms with van der Waals surface area (Å²) in [4.78, 5) is 0. The second kappa shape index (κ2) is 4.21. The number of hydrogen-bond donors (Lipinski definition) is 1. The van der Waals surface area contributed by atoms with Crippen LogP contribution in [0.3, 0.4) is 0 Å². The molecule has 0 radical (unpaired) electrons. The maximum absolute atomic E-state index is 12.7. The summed E-state index contributed by atoms with van der Waals surface area (Å²) >= 11 is 0. The van der Waals surface area contributed by atoms with Gasteiger partial charge in [0.1, 0.15) is 5.82 Å². The highest BCUT2D eigenvalue weighted by Gasteiger charge is 2.07. The van der Waals surface area contributed by atoms with Crippen LogP contribution in [0.4, 0.5) is 4.39 Å². The van der Waals surface area contributed by atoms with Gasteiger partial charge in [-0.15, -0.1) is 0 Å². The average Bonchev–Trinajstić information content (AvgIpc) is 2.07. The Morgan fingerprint density at radius 2 is 2.25 bits per heavy atom. The van der Waals surface area contributed by atoms with Crippen LogP contribution in [-0.4, -0.2) is 11.7 Å². The Labute approximate surface area is 71.9 Å². The van der Waals surface area contributed by atoms with E-state index < -0.39 is 0 Å². The van der Waals surface area contributed by atoms with Gasteiger partial charge in [-0.1, -0.05) is 19.1 Å². The number of aliphatic hydroxyl groups excluding tert-OH is 1. The molecule has 2 heteroatoms. The van der Waals surface area contributed by atoms with Crippen LogP contribution in [0.5, 0.6) is 0 Å². The van der Waals surface area contributed by atoms with Crippen LogP contribution < -0.4 is 0 Å². The molecule has 0 aliphatic rings. The monoisotopic (exact) mass is 168 g/mol. The molecule has 0 aliphatic carbocycles. The highest BCUT2D eigenvalue weighted by Crippen LogP contribution is 2.18. The van der Waals surface area contributed by atoms with E-state index in [2.05, 4.69) is 0 Å². The van der Waals surface area contributed by atoms with E-state index in [1.807, 2.05) is 13.0 Å². The van der Waals surface area contributed by atoms with Gasteiger partial charge in [-0.25, -0.2) is 4.39 Å². The molecule has 1 N–H and O–H groups in total. The topological polar surface area (TPSA) is 20.2 Å². The van der Waals surface area contributed by atoms with E-state index in [1.165, 1.54) is 12.1 Å². The summed E-state index contributed by atoms with van der Waals surface area (Å²) in [6.45, 7) is 2.06. The van der Waals surface area contributed by atoms with Gasteiger partial charge in [0.05, 0.1) is 0 Å². The lowest BCUT2D eigenvalue weighted by molar-refractivity contribution is 0.262. The summed E-state index contributed by atoms with van der Waals surface area (Å²) in [5, 5.41) is 8.95. The minimum absolute atomic E-state index is 0.0701. The van der Waals surface area contributed by atoms with Crippen molar-refractivity contribution in [3.63, 3.8) is 0 Å². The molecular formula is C10H13FO. The maximum Gasteiger partial charge on any atom is 0.123 e. The Hall–Kier alpha value is -0.890. The van der Waals surface area contributed by atoms with Gasteiger partial charge in [0, 0.05) is 12.5 Å². The molecule has 1 aromatic rings. The van der Waals surface area contributed by atoms with E-state index in [9.17, 15) is 4.39 Å². The lowest BCUT2D eigenvalue weighted by Crippen LogP contribution is -2.02. The van der Waals surface area contributed by atoms with Crippen molar-refractivity contribution >= 4 is 0 Å².